The van der Waals surface area contributed by atoms with Crippen molar-refractivity contribution in [1.29, 1.82) is 0 Å². The number of thiophene rings is 1. The number of hydrogen-bond donors (Lipinski definition) is 3. The molecule has 0 bridgehead atoms. The number of rotatable bonds is 6. The number of aliphatic hydroxyl groups excluding tert-OH is 1. The van der Waals surface area contributed by atoms with E-state index in [-0.39, 0.29) is 12.6 Å². The highest BCUT2D eigenvalue weighted by Gasteiger charge is 2.14. The van der Waals surface area contributed by atoms with Crippen molar-refractivity contribution in [2.45, 2.75) is 12.5 Å². The first-order valence-electron chi connectivity index (χ1n) is 6.37. The molecule has 0 aliphatic rings. The lowest BCUT2D eigenvalue weighted by molar-refractivity contribution is 0.300. The zero-order valence-corrected chi connectivity index (χ0v) is 12.6. The minimum atomic E-state index is 0.0653. The molecule has 2 heterocycles. The Kier molecular flexibility index (Phi) is 5.91. The third-order valence-corrected chi connectivity index (χ3v) is 4.03. The zero-order valence-electron chi connectivity index (χ0n) is 11.0. The van der Waals surface area contributed by atoms with Crippen LogP contribution in [0.25, 0.3) is 0 Å². The second kappa shape index (κ2) is 7.94. The monoisotopic (exact) mass is 307 g/mol. The van der Waals surface area contributed by atoms with Crippen molar-refractivity contribution < 1.29 is 5.11 Å². The normalized spacial score (nSPS) is 11.8. The van der Waals surface area contributed by atoms with Crippen molar-refractivity contribution in [2.75, 3.05) is 13.2 Å². The molecule has 0 aliphatic heterocycles. The fraction of sp³-hybridized carbons (Fsp3) is 0.286. The average molecular weight is 307 g/mol. The highest BCUT2D eigenvalue weighted by atomic mass is 32.1. The summed E-state index contributed by atoms with van der Waals surface area (Å²) in [4.78, 5) is 5.26. The summed E-state index contributed by atoms with van der Waals surface area (Å²) in [6.45, 7) is 0.522. The van der Waals surface area contributed by atoms with Gasteiger partial charge in [-0.2, -0.15) is 0 Å². The van der Waals surface area contributed by atoms with E-state index < -0.39 is 0 Å². The number of nitrogens with one attached hydrogen (secondary N) is 2. The number of nitrogens with zero attached hydrogens (tertiary/aromatic N) is 1. The molecule has 0 radical (unpaired) electrons. The van der Waals surface area contributed by atoms with Gasteiger partial charge in [0.2, 0.25) is 0 Å². The molecule has 0 saturated carbocycles. The van der Waals surface area contributed by atoms with Crippen LogP contribution >= 0.6 is 23.6 Å². The van der Waals surface area contributed by atoms with Gasteiger partial charge in [0.25, 0.3) is 0 Å². The van der Waals surface area contributed by atoms with Gasteiger partial charge in [-0.05, 0) is 47.8 Å². The van der Waals surface area contributed by atoms with Gasteiger partial charge in [-0.15, -0.1) is 11.3 Å². The van der Waals surface area contributed by atoms with E-state index in [2.05, 4.69) is 27.1 Å². The van der Waals surface area contributed by atoms with Crippen LogP contribution in [0.1, 0.15) is 16.5 Å². The highest BCUT2D eigenvalue weighted by Crippen LogP contribution is 2.22. The number of hydrogen-bond acceptors (Lipinski definition) is 4. The molecule has 3 N–H and O–H groups in total. The lowest BCUT2D eigenvalue weighted by Gasteiger charge is -2.20. The summed E-state index contributed by atoms with van der Waals surface area (Å²) in [6.07, 6.45) is 4.43. The van der Waals surface area contributed by atoms with E-state index >= 15 is 0 Å². The second-order valence-electron chi connectivity index (χ2n) is 4.25. The van der Waals surface area contributed by atoms with Crippen molar-refractivity contribution in [2.24, 2.45) is 0 Å². The summed E-state index contributed by atoms with van der Waals surface area (Å²) < 4.78 is 0. The molecule has 0 aliphatic carbocycles. The Morgan fingerprint density at radius 1 is 1.35 bits per heavy atom. The van der Waals surface area contributed by atoms with Crippen molar-refractivity contribution in [1.82, 2.24) is 15.6 Å². The molecule has 0 aromatic carbocycles. The maximum Gasteiger partial charge on any atom is 0.166 e. The molecule has 2 aromatic rings. The summed E-state index contributed by atoms with van der Waals surface area (Å²) in [7, 11) is 0. The summed E-state index contributed by atoms with van der Waals surface area (Å²) in [5.74, 6) is 0. The Morgan fingerprint density at radius 3 is 2.80 bits per heavy atom. The standard InChI is InChI=1S/C14H17N3OS2/c18-8-7-16-14(19)17-12(13-2-1-9-20-13)10-11-3-5-15-6-4-11/h1-6,9,12,18H,7-8,10H2,(H2,16,17,19). The van der Waals surface area contributed by atoms with Crippen molar-refractivity contribution in [3.05, 3.63) is 52.5 Å². The number of aromatic nitrogens is 1. The summed E-state index contributed by atoms with van der Waals surface area (Å²) in [5.41, 5.74) is 1.20. The Bertz CT molecular complexity index is 516. The maximum atomic E-state index is 8.81. The fourth-order valence-electron chi connectivity index (χ4n) is 1.85. The van der Waals surface area contributed by atoms with E-state index in [4.69, 9.17) is 17.3 Å². The SMILES string of the molecule is OCCNC(=S)NC(Cc1ccncc1)c1cccs1. The molecule has 0 saturated heterocycles. The van der Waals surface area contributed by atoms with Gasteiger partial charge in [0.1, 0.15) is 0 Å². The molecule has 106 valence electrons. The molecule has 20 heavy (non-hydrogen) atoms. The van der Waals surface area contributed by atoms with Crippen LogP contribution in [0, 0.1) is 0 Å². The van der Waals surface area contributed by atoms with Crippen molar-refractivity contribution in [3.63, 3.8) is 0 Å². The van der Waals surface area contributed by atoms with Gasteiger partial charge in [-0.1, -0.05) is 6.07 Å². The van der Waals surface area contributed by atoms with E-state index in [0.717, 1.165) is 6.42 Å². The summed E-state index contributed by atoms with van der Waals surface area (Å²) >= 11 is 6.95. The van der Waals surface area contributed by atoms with Gasteiger partial charge in [0, 0.05) is 23.8 Å². The van der Waals surface area contributed by atoms with E-state index in [1.807, 2.05) is 18.2 Å². The smallest absolute Gasteiger partial charge is 0.166 e. The van der Waals surface area contributed by atoms with Gasteiger partial charge >= 0.3 is 0 Å². The van der Waals surface area contributed by atoms with Crippen LogP contribution < -0.4 is 10.6 Å². The zero-order chi connectivity index (χ0) is 14.2. The van der Waals surface area contributed by atoms with Crippen LogP contribution in [0.4, 0.5) is 0 Å². The minimum absolute atomic E-state index is 0.0653. The van der Waals surface area contributed by atoms with E-state index in [1.54, 1.807) is 23.7 Å². The summed E-state index contributed by atoms with van der Waals surface area (Å²) in [6, 6.07) is 8.26. The lowest BCUT2D eigenvalue weighted by Crippen LogP contribution is -2.39. The first kappa shape index (κ1) is 14.9. The molecular formula is C14H17N3OS2. The van der Waals surface area contributed by atoms with Gasteiger partial charge in [-0.25, -0.2) is 0 Å². The van der Waals surface area contributed by atoms with Crippen LogP contribution in [0.15, 0.2) is 42.0 Å². The minimum Gasteiger partial charge on any atom is -0.395 e. The molecule has 4 nitrogen and oxygen atoms in total. The quantitative estimate of drug-likeness (QED) is 0.712. The van der Waals surface area contributed by atoms with Crippen LogP contribution in [-0.4, -0.2) is 28.4 Å². The van der Waals surface area contributed by atoms with Crippen molar-refractivity contribution in [3.8, 4) is 0 Å². The molecular weight excluding hydrogens is 290 g/mol. The molecule has 0 fully saturated rings. The van der Waals surface area contributed by atoms with Crippen LogP contribution in [0.5, 0.6) is 0 Å². The van der Waals surface area contributed by atoms with Gasteiger partial charge < -0.3 is 15.7 Å². The fourth-order valence-corrected chi connectivity index (χ4v) is 2.87. The highest BCUT2D eigenvalue weighted by molar-refractivity contribution is 7.80. The summed E-state index contributed by atoms with van der Waals surface area (Å²) in [5, 5.41) is 17.7. The largest absolute Gasteiger partial charge is 0.395 e. The van der Waals surface area contributed by atoms with Gasteiger partial charge in [0.05, 0.1) is 12.6 Å². The lowest BCUT2D eigenvalue weighted by atomic mass is 10.1. The molecule has 2 rings (SSSR count). The topological polar surface area (TPSA) is 57.2 Å². The van der Waals surface area contributed by atoms with Crippen molar-refractivity contribution >= 4 is 28.7 Å². The third-order valence-electron chi connectivity index (χ3n) is 2.78. The van der Waals surface area contributed by atoms with Crippen LogP contribution in [-0.2, 0) is 6.42 Å². The predicted octanol–water partition coefficient (Wildman–Crippen LogP) is 1.88. The molecule has 2 aromatic heterocycles. The van der Waals surface area contributed by atoms with E-state index in [0.29, 0.717) is 11.7 Å². The maximum absolute atomic E-state index is 8.81. The first-order chi connectivity index (χ1) is 9.79. The van der Waals surface area contributed by atoms with Gasteiger partial charge in [0.15, 0.2) is 5.11 Å². The molecule has 6 heteroatoms. The van der Waals surface area contributed by atoms with Crippen LogP contribution in [0.3, 0.4) is 0 Å². The van der Waals surface area contributed by atoms with E-state index in [9.17, 15) is 0 Å². The molecule has 0 spiro atoms. The Balaban J connectivity index is 2.04. The third kappa shape index (κ3) is 4.56. The Labute approximate surface area is 127 Å². The second-order valence-corrected chi connectivity index (χ2v) is 5.64. The first-order valence-corrected chi connectivity index (χ1v) is 7.66. The Morgan fingerprint density at radius 2 is 2.15 bits per heavy atom. The molecule has 1 unspecified atom stereocenters. The molecule has 0 amide bonds. The van der Waals surface area contributed by atoms with Crippen LogP contribution in [0.2, 0.25) is 0 Å². The molecule has 1 atom stereocenters. The Hall–Kier alpha value is -1.50. The predicted molar refractivity (Wildman–Crippen MR) is 85.8 cm³/mol. The number of pyridine rings is 1. The average Bonchev–Trinajstić information content (AvgIpc) is 3.00. The number of thiocarbonyl (C=S) groups is 1. The number of aliphatic hydroxyl groups is 1. The van der Waals surface area contributed by atoms with Gasteiger partial charge in [-0.3, -0.25) is 4.98 Å². The van der Waals surface area contributed by atoms with E-state index in [1.165, 1.54) is 10.4 Å².